The van der Waals surface area contributed by atoms with Crippen LogP contribution in [0.2, 0.25) is 10.0 Å². The van der Waals surface area contributed by atoms with E-state index in [-0.39, 0.29) is 37.4 Å². The van der Waals surface area contributed by atoms with E-state index in [4.69, 9.17) is 23.2 Å². The summed E-state index contributed by atoms with van der Waals surface area (Å²) < 4.78 is 1.38. The maximum atomic E-state index is 11.3. The van der Waals surface area contributed by atoms with Crippen molar-refractivity contribution in [3.05, 3.63) is 57.6 Å². The second kappa shape index (κ2) is 7.51. The van der Waals surface area contributed by atoms with Gasteiger partial charge < -0.3 is 0 Å². The Morgan fingerprint density at radius 1 is 0.773 bits per heavy atom. The molecule has 114 valence electrons. The molecule has 2 aromatic rings. The number of benzene rings is 2. The summed E-state index contributed by atoms with van der Waals surface area (Å²) in [4.78, 5) is 22.5. The van der Waals surface area contributed by atoms with Gasteiger partial charge >= 0.3 is 148 Å². The van der Waals surface area contributed by atoms with Crippen LogP contribution in [0.3, 0.4) is 0 Å². The van der Waals surface area contributed by atoms with Gasteiger partial charge in [-0.05, 0) is 0 Å². The topological polar surface area (TPSA) is 74.6 Å². The van der Waals surface area contributed by atoms with Crippen LogP contribution in [0.25, 0.3) is 0 Å². The monoisotopic (exact) mass is 470 g/mol. The molecule has 0 bridgehead atoms. The molecule has 0 unspecified atom stereocenters. The summed E-state index contributed by atoms with van der Waals surface area (Å²) >= 11 is 11.3. The minimum absolute atomic E-state index is 0.167. The first kappa shape index (κ1) is 17.4. The molecule has 2 aromatic carbocycles. The Hall–Kier alpha value is -1.00. The minimum atomic E-state index is -1.04. The number of carbonyl (C=O) groups is 2. The number of aromatic carboxylic acids is 2. The van der Waals surface area contributed by atoms with Gasteiger partial charge in [-0.1, -0.05) is 0 Å². The van der Waals surface area contributed by atoms with Gasteiger partial charge in [0.25, 0.3) is 0 Å². The van der Waals surface area contributed by atoms with Crippen molar-refractivity contribution in [1.82, 2.24) is 0 Å². The van der Waals surface area contributed by atoms with Crippen LogP contribution >= 0.6 is 23.2 Å². The normalized spacial score (nSPS) is 10.5. The van der Waals surface area contributed by atoms with Crippen molar-refractivity contribution in [2.45, 2.75) is 0 Å². The van der Waals surface area contributed by atoms with Gasteiger partial charge in [0, 0.05) is 0 Å². The summed E-state index contributed by atoms with van der Waals surface area (Å²) in [5.74, 6) is -2.07. The number of halogens is 2. The molecule has 0 atom stereocenters. The molecular formula is C14H8Cl2O4Se2. The molecule has 0 saturated carbocycles. The first-order chi connectivity index (χ1) is 10.4. The zero-order valence-electron chi connectivity index (χ0n) is 10.7. The quantitative estimate of drug-likeness (QED) is 0.654. The van der Waals surface area contributed by atoms with Crippen molar-refractivity contribution in [2.24, 2.45) is 0 Å². The molecule has 0 saturated heterocycles. The summed E-state index contributed by atoms with van der Waals surface area (Å²) in [7, 11) is 0. The molecule has 2 rings (SSSR count). The van der Waals surface area contributed by atoms with E-state index in [2.05, 4.69) is 0 Å². The van der Waals surface area contributed by atoms with Crippen LogP contribution in [0.15, 0.2) is 36.4 Å². The molecule has 0 heterocycles. The predicted octanol–water partition coefficient (Wildman–Crippen LogP) is 1.66. The van der Waals surface area contributed by atoms with E-state index in [1.807, 2.05) is 0 Å². The molecule has 0 fully saturated rings. The fourth-order valence-corrected chi connectivity index (χ4v) is 8.93. The second-order valence-electron chi connectivity index (χ2n) is 4.06. The van der Waals surface area contributed by atoms with Gasteiger partial charge in [0.05, 0.1) is 0 Å². The molecule has 22 heavy (non-hydrogen) atoms. The Morgan fingerprint density at radius 3 is 1.45 bits per heavy atom. The predicted molar refractivity (Wildman–Crippen MR) is 87.6 cm³/mol. The molecule has 0 aliphatic heterocycles. The molecule has 0 aliphatic rings. The van der Waals surface area contributed by atoms with Crippen molar-refractivity contribution in [2.75, 3.05) is 0 Å². The molecule has 0 radical (unpaired) electrons. The molecule has 0 aliphatic carbocycles. The van der Waals surface area contributed by atoms with Crippen molar-refractivity contribution < 1.29 is 19.8 Å². The van der Waals surface area contributed by atoms with E-state index < -0.39 is 11.9 Å². The third-order valence-electron chi connectivity index (χ3n) is 2.57. The Morgan fingerprint density at radius 2 is 1.14 bits per heavy atom. The Balaban J connectivity index is 2.28. The van der Waals surface area contributed by atoms with Crippen LogP contribution in [0.4, 0.5) is 0 Å². The zero-order chi connectivity index (χ0) is 16.3. The van der Waals surface area contributed by atoms with Crippen LogP contribution in [-0.4, -0.2) is 48.4 Å². The van der Waals surface area contributed by atoms with E-state index in [1.54, 1.807) is 24.3 Å². The number of hydrogen-bond donors (Lipinski definition) is 2. The molecule has 2 N–H and O–H groups in total. The fraction of sp³-hybridized carbons (Fsp3) is 0. The van der Waals surface area contributed by atoms with Crippen molar-refractivity contribution in [1.29, 1.82) is 0 Å². The van der Waals surface area contributed by atoms with E-state index in [0.29, 0.717) is 19.0 Å². The summed E-state index contributed by atoms with van der Waals surface area (Å²) in [6.45, 7) is 0. The third kappa shape index (κ3) is 4.26. The first-order valence-electron chi connectivity index (χ1n) is 5.78. The van der Waals surface area contributed by atoms with Crippen LogP contribution in [-0.2, 0) is 0 Å². The zero-order valence-corrected chi connectivity index (χ0v) is 15.7. The van der Waals surface area contributed by atoms with Gasteiger partial charge in [0.2, 0.25) is 0 Å². The Kier molecular flexibility index (Phi) is 5.93. The SMILES string of the molecule is O=C(O)c1cc(Cl)ccc1[Se][Se]c1ccc(Cl)cc1C(=O)O. The number of carboxylic acids is 2. The standard InChI is InChI=1S/C14H8Cl2O4Se2/c15-7-1-3-11(9(5-7)13(17)18)21-22-12-4-2-8(16)6-10(12)14(19)20/h1-6H,(H,17,18)(H,19,20). The second-order valence-corrected chi connectivity index (χ2v) is 11.1. The van der Waals surface area contributed by atoms with Crippen molar-refractivity contribution in [3.8, 4) is 0 Å². The molecule has 8 heteroatoms. The molecule has 0 aromatic heterocycles. The summed E-state index contributed by atoms with van der Waals surface area (Å²) in [5, 5.41) is 19.2. The number of carboxylic acid groups (broad SMARTS) is 2. The van der Waals surface area contributed by atoms with Crippen molar-refractivity contribution >= 4 is 70.3 Å². The van der Waals surface area contributed by atoms with E-state index >= 15 is 0 Å². The van der Waals surface area contributed by atoms with Crippen LogP contribution in [0.5, 0.6) is 0 Å². The van der Waals surface area contributed by atoms with Crippen LogP contribution < -0.4 is 8.92 Å². The van der Waals surface area contributed by atoms with E-state index in [0.717, 1.165) is 0 Å². The average molecular weight is 469 g/mol. The van der Waals surface area contributed by atoms with E-state index in [9.17, 15) is 19.8 Å². The Labute approximate surface area is 147 Å². The number of rotatable bonds is 5. The number of hydrogen-bond acceptors (Lipinski definition) is 2. The summed E-state index contributed by atoms with van der Waals surface area (Å²) in [6, 6.07) is 9.48. The molecule has 0 spiro atoms. The molecular weight excluding hydrogens is 461 g/mol. The van der Waals surface area contributed by atoms with E-state index in [1.165, 1.54) is 12.1 Å². The first-order valence-corrected chi connectivity index (χ1v) is 12.6. The third-order valence-corrected chi connectivity index (χ3v) is 10.3. The van der Waals surface area contributed by atoms with Gasteiger partial charge in [0.1, 0.15) is 0 Å². The van der Waals surface area contributed by atoms with Crippen LogP contribution in [0, 0.1) is 0 Å². The fourth-order valence-electron chi connectivity index (χ4n) is 1.57. The summed E-state index contributed by atoms with van der Waals surface area (Å²) in [6.07, 6.45) is 0. The maximum absolute atomic E-state index is 11.3. The van der Waals surface area contributed by atoms with Crippen LogP contribution in [0.1, 0.15) is 20.7 Å². The molecule has 4 nitrogen and oxygen atoms in total. The van der Waals surface area contributed by atoms with Crippen molar-refractivity contribution in [3.63, 3.8) is 0 Å². The Bertz CT molecular complexity index is 686. The van der Waals surface area contributed by atoms with Gasteiger partial charge in [-0.3, -0.25) is 0 Å². The summed E-state index contributed by atoms with van der Waals surface area (Å²) in [5.41, 5.74) is 0.334. The molecule has 0 amide bonds. The van der Waals surface area contributed by atoms with Gasteiger partial charge in [-0.2, -0.15) is 0 Å². The van der Waals surface area contributed by atoms with Gasteiger partial charge in [0.15, 0.2) is 0 Å². The van der Waals surface area contributed by atoms with Gasteiger partial charge in [-0.25, -0.2) is 0 Å². The van der Waals surface area contributed by atoms with Gasteiger partial charge in [-0.15, -0.1) is 0 Å². The average Bonchev–Trinajstić information content (AvgIpc) is 2.46.